The Bertz CT molecular complexity index is 319. The van der Waals surface area contributed by atoms with Gasteiger partial charge in [0.15, 0.2) is 0 Å². The predicted octanol–water partition coefficient (Wildman–Crippen LogP) is 1.47. The van der Waals surface area contributed by atoms with Crippen molar-refractivity contribution in [3.8, 4) is 0 Å². The van der Waals surface area contributed by atoms with E-state index in [2.05, 4.69) is 25.7 Å². The lowest BCUT2D eigenvalue weighted by Gasteiger charge is -2.41. The van der Waals surface area contributed by atoms with Crippen molar-refractivity contribution in [2.45, 2.75) is 39.2 Å². The zero-order valence-electron chi connectivity index (χ0n) is 10.7. The van der Waals surface area contributed by atoms with Crippen molar-refractivity contribution in [3.05, 3.63) is 0 Å². The molecule has 0 aromatic rings. The molecule has 1 aliphatic rings. The molecule has 5 heteroatoms. The van der Waals surface area contributed by atoms with Crippen molar-refractivity contribution in [2.24, 2.45) is 5.92 Å². The van der Waals surface area contributed by atoms with E-state index < -0.39 is 10.1 Å². The maximum atomic E-state index is 10.9. The highest BCUT2D eigenvalue weighted by Crippen LogP contribution is 2.23. The van der Waals surface area contributed by atoms with Crippen LogP contribution in [0.4, 0.5) is 0 Å². The fourth-order valence-corrected chi connectivity index (χ4v) is 2.47. The second-order valence-electron chi connectivity index (χ2n) is 5.61. The molecule has 1 aliphatic heterocycles. The molecule has 0 saturated carbocycles. The lowest BCUT2D eigenvalue weighted by molar-refractivity contribution is 0.0620. The van der Waals surface area contributed by atoms with Crippen LogP contribution in [0.25, 0.3) is 0 Å². The second kappa shape index (κ2) is 5.02. The molecule has 0 radical (unpaired) electrons. The van der Waals surface area contributed by atoms with Crippen LogP contribution in [0, 0.1) is 5.92 Å². The second-order valence-corrected chi connectivity index (χ2v) is 7.26. The van der Waals surface area contributed by atoms with Gasteiger partial charge in [0.25, 0.3) is 10.1 Å². The molecule has 16 heavy (non-hydrogen) atoms. The first kappa shape index (κ1) is 13.9. The Labute approximate surface area is 99.1 Å². The third-order valence-corrected chi connectivity index (χ3v) is 3.55. The van der Waals surface area contributed by atoms with Crippen LogP contribution in [-0.2, 0) is 14.3 Å². The molecule has 1 heterocycles. The number of hydrogen-bond donors (Lipinski definition) is 0. The van der Waals surface area contributed by atoms with Crippen molar-refractivity contribution < 1.29 is 12.6 Å². The summed E-state index contributed by atoms with van der Waals surface area (Å²) in [5.74, 6) is 0.336. The zero-order valence-corrected chi connectivity index (χ0v) is 11.5. The van der Waals surface area contributed by atoms with Gasteiger partial charge in [-0.1, -0.05) is 0 Å². The summed E-state index contributed by atoms with van der Waals surface area (Å²) in [4.78, 5) is 2.40. The molecule has 1 saturated heterocycles. The molecule has 0 aliphatic carbocycles. The highest BCUT2D eigenvalue weighted by atomic mass is 32.2. The Balaban J connectivity index is 2.45. The molecule has 0 aromatic carbocycles. The largest absolute Gasteiger partial charge is 0.298 e. The summed E-state index contributed by atoms with van der Waals surface area (Å²) >= 11 is 0. The van der Waals surface area contributed by atoms with Crippen LogP contribution in [0.3, 0.4) is 0 Å². The van der Waals surface area contributed by atoms with E-state index in [0.29, 0.717) is 12.5 Å². The van der Waals surface area contributed by atoms with Crippen LogP contribution in [0.2, 0.25) is 0 Å². The maximum Gasteiger partial charge on any atom is 0.264 e. The van der Waals surface area contributed by atoms with Crippen LogP contribution in [0.15, 0.2) is 0 Å². The summed E-state index contributed by atoms with van der Waals surface area (Å²) in [6.45, 7) is 8.91. The minimum atomic E-state index is -3.29. The first-order valence-corrected chi connectivity index (χ1v) is 7.59. The molecule has 0 unspecified atom stereocenters. The summed E-state index contributed by atoms with van der Waals surface area (Å²) in [6.07, 6.45) is 3.29. The summed E-state index contributed by atoms with van der Waals surface area (Å²) in [6, 6.07) is 0. The van der Waals surface area contributed by atoms with E-state index in [4.69, 9.17) is 4.18 Å². The number of nitrogens with zero attached hydrogens (tertiary/aromatic N) is 1. The Hall–Kier alpha value is -0.130. The van der Waals surface area contributed by atoms with Gasteiger partial charge in [-0.25, -0.2) is 0 Å². The van der Waals surface area contributed by atoms with Gasteiger partial charge in [0.1, 0.15) is 0 Å². The molecule has 0 aromatic heterocycles. The van der Waals surface area contributed by atoms with Gasteiger partial charge in [-0.3, -0.25) is 9.08 Å². The smallest absolute Gasteiger partial charge is 0.264 e. The van der Waals surface area contributed by atoms with Gasteiger partial charge in [0.2, 0.25) is 0 Å². The van der Waals surface area contributed by atoms with E-state index in [9.17, 15) is 8.42 Å². The lowest BCUT2D eigenvalue weighted by atomic mass is 9.94. The summed E-state index contributed by atoms with van der Waals surface area (Å²) < 4.78 is 26.7. The fourth-order valence-electron chi connectivity index (χ4n) is 2.03. The lowest BCUT2D eigenvalue weighted by Crippen LogP contribution is -2.48. The molecule has 1 atom stereocenters. The van der Waals surface area contributed by atoms with E-state index in [-0.39, 0.29) is 5.54 Å². The molecule has 0 amide bonds. The predicted molar refractivity (Wildman–Crippen MR) is 64.8 cm³/mol. The van der Waals surface area contributed by atoms with Crippen LogP contribution in [0.1, 0.15) is 33.6 Å². The summed E-state index contributed by atoms with van der Waals surface area (Å²) in [7, 11) is -3.29. The highest BCUT2D eigenvalue weighted by Gasteiger charge is 2.28. The number of hydrogen-bond acceptors (Lipinski definition) is 4. The van der Waals surface area contributed by atoms with Gasteiger partial charge in [-0.15, -0.1) is 0 Å². The molecule has 96 valence electrons. The topological polar surface area (TPSA) is 46.6 Å². The molecular formula is C11H23NO3S. The monoisotopic (exact) mass is 249 g/mol. The van der Waals surface area contributed by atoms with Gasteiger partial charge >= 0.3 is 0 Å². The molecule has 0 bridgehead atoms. The van der Waals surface area contributed by atoms with Crippen LogP contribution >= 0.6 is 0 Å². The van der Waals surface area contributed by atoms with Gasteiger partial charge in [-0.05, 0) is 46.1 Å². The van der Waals surface area contributed by atoms with E-state index >= 15 is 0 Å². The van der Waals surface area contributed by atoms with Crippen molar-refractivity contribution in [1.29, 1.82) is 0 Å². The Morgan fingerprint density at radius 2 is 2.00 bits per heavy atom. The van der Waals surface area contributed by atoms with Crippen molar-refractivity contribution in [1.82, 2.24) is 4.90 Å². The van der Waals surface area contributed by atoms with Gasteiger partial charge in [0.05, 0.1) is 12.9 Å². The van der Waals surface area contributed by atoms with Crippen LogP contribution in [0.5, 0.6) is 0 Å². The highest BCUT2D eigenvalue weighted by molar-refractivity contribution is 7.85. The van der Waals surface area contributed by atoms with Gasteiger partial charge in [-0.2, -0.15) is 8.42 Å². The van der Waals surface area contributed by atoms with Crippen molar-refractivity contribution in [3.63, 3.8) is 0 Å². The number of rotatable bonds is 3. The van der Waals surface area contributed by atoms with Gasteiger partial charge < -0.3 is 0 Å². The Morgan fingerprint density at radius 3 is 2.50 bits per heavy atom. The molecule has 0 N–H and O–H groups in total. The van der Waals surface area contributed by atoms with Crippen molar-refractivity contribution >= 4 is 10.1 Å². The molecule has 0 spiro atoms. The summed E-state index contributed by atoms with van der Waals surface area (Å²) in [5.41, 5.74) is 0.157. The molecule has 1 fully saturated rings. The minimum Gasteiger partial charge on any atom is -0.298 e. The average Bonchev–Trinajstić information content (AvgIpc) is 2.13. The van der Waals surface area contributed by atoms with E-state index in [1.54, 1.807) is 0 Å². The van der Waals surface area contributed by atoms with Crippen LogP contribution in [-0.4, -0.2) is 44.8 Å². The van der Waals surface area contributed by atoms with E-state index in [0.717, 1.165) is 32.2 Å². The normalized spacial score (nSPS) is 24.6. The third-order valence-electron chi connectivity index (χ3n) is 2.99. The minimum absolute atomic E-state index is 0.157. The standard InChI is InChI=1S/C11H23NO3S/c1-11(2,3)12-7-5-6-10(8-12)9-15-16(4,13)14/h10H,5-9H2,1-4H3/t10-/m0/s1. The Morgan fingerprint density at radius 1 is 1.38 bits per heavy atom. The number of likely N-dealkylation sites (tertiary alicyclic amines) is 1. The summed E-state index contributed by atoms with van der Waals surface area (Å²) in [5, 5.41) is 0. The molecule has 4 nitrogen and oxygen atoms in total. The first-order valence-electron chi connectivity index (χ1n) is 5.78. The van der Waals surface area contributed by atoms with Gasteiger partial charge in [0, 0.05) is 12.1 Å². The fraction of sp³-hybridized carbons (Fsp3) is 1.00. The SMILES string of the molecule is CC(C)(C)N1CCC[C@H](COS(C)(=O)=O)C1. The molecule has 1 rings (SSSR count). The zero-order chi connectivity index (χ0) is 12.4. The van der Waals surface area contributed by atoms with Crippen LogP contribution < -0.4 is 0 Å². The quantitative estimate of drug-likeness (QED) is 0.711. The average molecular weight is 249 g/mol. The maximum absolute atomic E-state index is 10.9. The Kier molecular flexibility index (Phi) is 4.37. The molecular weight excluding hydrogens is 226 g/mol. The number of piperidine rings is 1. The van der Waals surface area contributed by atoms with Crippen molar-refractivity contribution in [2.75, 3.05) is 26.0 Å². The van der Waals surface area contributed by atoms with E-state index in [1.807, 2.05) is 0 Å². The first-order chi connectivity index (χ1) is 7.18. The van der Waals surface area contributed by atoms with E-state index in [1.165, 1.54) is 0 Å². The third kappa shape index (κ3) is 4.80.